The predicted molar refractivity (Wildman–Crippen MR) is 70.4 cm³/mol. The Morgan fingerprint density at radius 3 is 2.84 bits per heavy atom. The second-order valence-corrected chi connectivity index (χ2v) is 4.44. The summed E-state index contributed by atoms with van der Waals surface area (Å²) >= 11 is 0. The lowest BCUT2D eigenvalue weighted by Crippen LogP contribution is -2.33. The summed E-state index contributed by atoms with van der Waals surface area (Å²) < 4.78 is 3.08. The van der Waals surface area contributed by atoms with Gasteiger partial charge in [-0.1, -0.05) is 6.07 Å². The third-order valence-electron chi connectivity index (χ3n) is 2.81. The normalized spacial score (nSPS) is 10.4. The van der Waals surface area contributed by atoms with Gasteiger partial charge in [-0.25, -0.2) is 0 Å². The van der Waals surface area contributed by atoms with Crippen LogP contribution in [0.15, 0.2) is 41.6 Å². The Bertz CT molecular complexity index is 629. The van der Waals surface area contributed by atoms with Crippen LogP contribution in [-0.2, 0) is 24.9 Å². The maximum atomic E-state index is 12.0. The molecular formula is C13H16N4O2. The van der Waals surface area contributed by atoms with Gasteiger partial charge < -0.3 is 9.47 Å². The number of aromatic nitrogens is 3. The molecule has 2 rings (SSSR count). The number of hydrogen-bond acceptors (Lipinski definition) is 3. The van der Waals surface area contributed by atoms with Crippen LogP contribution in [0.3, 0.4) is 0 Å². The number of amides is 1. The average Bonchev–Trinajstić information content (AvgIpc) is 2.77. The number of pyridine rings is 1. The zero-order valence-electron chi connectivity index (χ0n) is 11.0. The molecule has 0 atom stereocenters. The van der Waals surface area contributed by atoms with Crippen molar-refractivity contribution in [2.75, 3.05) is 7.05 Å². The highest BCUT2D eigenvalue weighted by Gasteiger charge is 2.11. The Morgan fingerprint density at radius 2 is 2.21 bits per heavy atom. The van der Waals surface area contributed by atoms with Gasteiger partial charge in [-0.05, 0) is 6.07 Å². The van der Waals surface area contributed by atoms with Crippen molar-refractivity contribution in [2.45, 2.75) is 13.1 Å². The second-order valence-electron chi connectivity index (χ2n) is 4.44. The maximum Gasteiger partial charge on any atom is 0.250 e. The molecule has 0 radical (unpaired) electrons. The molecule has 0 saturated heterocycles. The Hall–Kier alpha value is -2.37. The molecule has 1 amide bonds. The van der Waals surface area contributed by atoms with Gasteiger partial charge in [-0.15, -0.1) is 0 Å². The van der Waals surface area contributed by atoms with Gasteiger partial charge in [0, 0.05) is 44.7 Å². The fraction of sp³-hybridized carbons (Fsp3) is 0.308. The van der Waals surface area contributed by atoms with Gasteiger partial charge in [0.1, 0.15) is 6.54 Å². The standard InChI is InChI=1S/C13H16N4O2/c1-15(8-11-7-14-16(2)9-11)13(19)10-17-6-4-3-5-12(17)18/h3-7,9H,8,10H2,1-2H3. The van der Waals surface area contributed by atoms with E-state index in [0.717, 1.165) is 5.56 Å². The molecule has 0 unspecified atom stereocenters. The first-order valence-electron chi connectivity index (χ1n) is 5.93. The molecule has 0 aromatic carbocycles. The van der Waals surface area contributed by atoms with Crippen molar-refractivity contribution in [2.24, 2.45) is 7.05 Å². The van der Waals surface area contributed by atoms with E-state index in [1.54, 1.807) is 41.2 Å². The van der Waals surface area contributed by atoms with Crippen molar-refractivity contribution in [3.05, 3.63) is 52.7 Å². The van der Waals surface area contributed by atoms with Gasteiger partial charge in [-0.3, -0.25) is 14.3 Å². The molecule has 0 spiro atoms. The van der Waals surface area contributed by atoms with Crippen LogP contribution < -0.4 is 5.56 Å². The molecule has 2 aromatic rings. The van der Waals surface area contributed by atoms with Crippen LogP contribution in [0.25, 0.3) is 0 Å². The lowest BCUT2D eigenvalue weighted by molar-refractivity contribution is -0.131. The van der Waals surface area contributed by atoms with Gasteiger partial charge >= 0.3 is 0 Å². The third kappa shape index (κ3) is 3.31. The van der Waals surface area contributed by atoms with Crippen LogP contribution in [0, 0.1) is 0 Å². The Morgan fingerprint density at radius 1 is 1.42 bits per heavy atom. The van der Waals surface area contributed by atoms with E-state index < -0.39 is 0 Å². The Kier molecular flexibility index (Phi) is 3.79. The summed E-state index contributed by atoms with van der Waals surface area (Å²) in [5, 5.41) is 4.05. The van der Waals surface area contributed by atoms with E-state index >= 15 is 0 Å². The minimum atomic E-state index is -0.175. The maximum absolute atomic E-state index is 12.0. The number of carbonyl (C=O) groups is 1. The molecule has 2 aromatic heterocycles. The predicted octanol–water partition coefficient (Wildman–Crippen LogP) is 0.240. The van der Waals surface area contributed by atoms with Gasteiger partial charge in [0.25, 0.3) is 5.56 Å². The molecule has 0 aliphatic carbocycles. The molecule has 19 heavy (non-hydrogen) atoms. The molecule has 0 fully saturated rings. The van der Waals surface area contributed by atoms with E-state index in [1.807, 2.05) is 13.2 Å². The zero-order chi connectivity index (χ0) is 13.8. The second kappa shape index (κ2) is 5.51. The van der Waals surface area contributed by atoms with Crippen LogP contribution >= 0.6 is 0 Å². The van der Waals surface area contributed by atoms with Gasteiger partial charge in [-0.2, -0.15) is 5.10 Å². The topological polar surface area (TPSA) is 60.1 Å². The molecule has 2 heterocycles. The highest BCUT2D eigenvalue weighted by atomic mass is 16.2. The third-order valence-corrected chi connectivity index (χ3v) is 2.81. The van der Waals surface area contributed by atoms with Crippen molar-refractivity contribution in [1.82, 2.24) is 19.2 Å². The molecule has 6 heteroatoms. The fourth-order valence-corrected chi connectivity index (χ4v) is 1.77. The minimum absolute atomic E-state index is 0.0520. The van der Waals surface area contributed by atoms with Crippen molar-refractivity contribution < 1.29 is 4.79 Å². The number of carbonyl (C=O) groups excluding carboxylic acids is 1. The van der Waals surface area contributed by atoms with Crippen molar-refractivity contribution >= 4 is 5.91 Å². The molecule has 100 valence electrons. The average molecular weight is 260 g/mol. The highest BCUT2D eigenvalue weighted by Crippen LogP contribution is 2.02. The summed E-state index contributed by atoms with van der Waals surface area (Å²) in [7, 11) is 3.54. The number of hydrogen-bond donors (Lipinski definition) is 0. The summed E-state index contributed by atoms with van der Waals surface area (Å²) in [5.41, 5.74) is 0.782. The Balaban J connectivity index is 2.00. The number of likely N-dealkylation sites (N-methyl/N-ethyl adjacent to an activating group) is 1. The number of rotatable bonds is 4. The van der Waals surface area contributed by atoms with Gasteiger partial charge in [0.2, 0.25) is 5.91 Å². The van der Waals surface area contributed by atoms with Crippen molar-refractivity contribution in [3.63, 3.8) is 0 Å². The van der Waals surface area contributed by atoms with Crippen LogP contribution in [0.2, 0.25) is 0 Å². The van der Waals surface area contributed by atoms with Gasteiger partial charge in [0.15, 0.2) is 0 Å². The van der Waals surface area contributed by atoms with Crippen LogP contribution in [0.5, 0.6) is 0 Å². The monoisotopic (exact) mass is 260 g/mol. The molecular weight excluding hydrogens is 244 g/mol. The van der Waals surface area contributed by atoms with Gasteiger partial charge in [0.05, 0.1) is 6.20 Å². The van der Waals surface area contributed by atoms with E-state index in [2.05, 4.69) is 5.10 Å². The zero-order valence-corrected chi connectivity index (χ0v) is 11.0. The molecule has 6 nitrogen and oxygen atoms in total. The SMILES string of the molecule is CN(Cc1cnn(C)c1)C(=O)Cn1ccccc1=O. The largest absolute Gasteiger partial charge is 0.340 e. The lowest BCUT2D eigenvalue weighted by atomic mass is 10.3. The van der Waals surface area contributed by atoms with Crippen LogP contribution in [0.4, 0.5) is 0 Å². The number of nitrogens with zero attached hydrogens (tertiary/aromatic N) is 4. The number of aryl methyl sites for hydroxylation is 1. The van der Waals surface area contributed by atoms with Crippen LogP contribution in [0.1, 0.15) is 5.56 Å². The molecule has 0 aliphatic heterocycles. The Labute approximate surface area is 110 Å². The summed E-state index contributed by atoms with van der Waals surface area (Å²) in [5.74, 6) is -0.114. The highest BCUT2D eigenvalue weighted by molar-refractivity contribution is 5.75. The fourth-order valence-electron chi connectivity index (χ4n) is 1.77. The van der Waals surface area contributed by atoms with Crippen molar-refractivity contribution in [1.29, 1.82) is 0 Å². The van der Waals surface area contributed by atoms with E-state index in [4.69, 9.17) is 0 Å². The van der Waals surface area contributed by atoms with E-state index in [-0.39, 0.29) is 18.0 Å². The summed E-state index contributed by atoms with van der Waals surface area (Å²) in [4.78, 5) is 25.1. The first-order valence-corrected chi connectivity index (χ1v) is 5.93. The first kappa shape index (κ1) is 13.1. The van der Waals surface area contributed by atoms with Crippen molar-refractivity contribution in [3.8, 4) is 0 Å². The summed E-state index contributed by atoms with van der Waals surface area (Å²) in [6.45, 7) is 0.532. The summed E-state index contributed by atoms with van der Waals surface area (Å²) in [6, 6.07) is 4.83. The molecule has 0 N–H and O–H groups in total. The van der Waals surface area contributed by atoms with E-state index in [0.29, 0.717) is 6.54 Å². The van der Waals surface area contributed by atoms with Crippen LogP contribution in [-0.4, -0.2) is 32.2 Å². The quantitative estimate of drug-likeness (QED) is 0.791. The van der Waals surface area contributed by atoms with E-state index in [1.165, 1.54) is 10.6 Å². The smallest absolute Gasteiger partial charge is 0.250 e. The van der Waals surface area contributed by atoms with E-state index in [9.17, 15) is 9.59 Å². The summed E-state index contributed by atoms with van der Waals surface area (Å²) in [6.07, 6.45) is 5.19. The molecule has 0 saturated carbocycles. The molecule has 0 aliphatic rings. The molecule has 0 bridgehead atoms. The minimum Gasteiger partial charge on any atom is -0.340 e. The lowest BCUT2D eigenvalue weighted by Gasteiger charge is -2.16. The first-order chi connectivity index (χ1) is 9.06.